The summed E-state index contributed by atoms with van der Waals surface area (Å²) < 4.78 is 0. The molecule has 2 heterocycles. The Hall–Kier alpha value is -3.08. The Bertz CT molecular complexity index is 804. The summed E-state index contributed by atoms with van der Waals surface area (Å²) in [6.07, 6.45) is 6.76. The number of nitrogens with one attached hydrogen (secondary N) is 2. The van der Waals surface area contributed by atoms with E-state index >= 15 is 0 Å². The highest BCUT2D eigenvalue weighted by Crippen LogP contribution is 2.23. The molecular formula is C20H24N6O. The number of carbonyl (C=O) groups is 1. The molecular weight excluding hydrogens is 340 g/mol. The summed E-state index contributed by atoms with van der Waals surface area (Å²) in [5.41, 5.74) is 0.842. The van der Waals surface area contributed by atoms with Crippen LogP contribution in [0.25, 0.3) is 0 Å². The lowest BCUT2D eigenvalue weighted by atomic mass is 10.1. The van der Waals surface area contributed by atoms with Gasteiger partial charge < -0.3 is 15.5 Å². The topological polar surface area (TPSA) is 105 Å². The van der Waals surface area contributed by atoms with Crippen LogP contribution in [0.5, 0.6) is 0 Å². The fourth-order valence-corrected chi connectivity index (χ4v) is 3.00. The van der Waals surface area contributed by atoms with E-state index in [0.717, 1.165) is 5.69 Å². The second-order valence-electron chi connectivity index (χ2n) is 7.26. The van der Waals surface area contributed by atoms with E-state index in [2.05, 4.69) is 33.7 Å². The number of carbonyl (C=O) groups excluding carboxylic acids is 1. The van der Waals surface area contributed by atoms with Gasteiger partial charge in [-0.2, -0.15) is 10.5 Å². The molecule has 0 aliphatic carbocycles. The molecule has 27 heavy (non-hydrogen) atoms. The molecule has 1 amide bonds. The summed E-state index contributed by atoms with van der Waals surface area (Å²) in [4.78, 5) is 18.4. The van der Waals surface area contributed by atoms with Gasteiger partial charge in [-0.3, -0.25) is 4.79 Å². The number of hydrogen-bond acceptors (Lipinski definition) is 6. The van der Waals surface area contributed by atoms with Gasteiger partial charge in [-0.1, -0.05) is 5.92 Å². The molecule has 0 spiro atoms. The van der Waals surface area contributed by atoms with E-state index in [-0.39, 0.29) is 18.5 Å². The molecule has 0 aromatic carbocycles. The van der Waals surface area contributed by atoms with Crippen molar-refractivity contribution in [3.63, 3.8) is 0 Å². The minimum absolute atomic E-state index is 0.0807. The van der Waals surface area contributed by atoms with Crippen LogP contribution in [0, 0.1) is 41.9 Å². The smallest absolute Gasteiger partial charge is 0.238 e. The third-order valence-corrected chi connectivity index (χ3v) is 4.59. The summed E-state index contributed by atoms with van der Waals surface area (Å²) in [7, 11) is 0. The Labute approximate surface area is 160 Å². The molecule has 7 nitrogen and oxygen atoms in total. The molecule has 2 rings (SSSR count). The molecule has 1 aromatic rings. The SMILES string of the molecule is C#C[C@H]1CC[C@H](C#N)N1C(=O)CNC(C)(C)CNc1nc(C)ccc1C#N. The molecule has 1 fully saturated rings. The van der Waals surface area contributed by atoms with Crippen molar-refractivity contribution in [3.8, 4) is 24.5 Å². The van der Waals surface area contributed by atoms with E-state index in [4.69, 9.17) is 6.42 Å². The maximum atomic E-state index is 12.6. The van der Waals surface area contributed by atoms with Crippen molar-refractivity contribution in [1.82, 2.24) is 15.2 Å². The summed E-state index contributed by atoms with van der Waals surface area (Å²) >= 11 is 0. The fourth-order valence-electron chi connectivity index (χ4n) is 3.00. The van der Waals surface area contributed by atoms with Crippen LogP contribution in [-0.2, 0) is 4.79 Å². The number of aromatic nitrogens is 1. The van der Waals surface area contributed by atoms with Crippen molar-refractivity contribution in [2.75, 3.05) is 18.4 Å². The van der Waals surface area contributed by atoms with Gasteiger partial charge in [-0.15, -0.1) is 6.42 Å². The summed E-state index contributed by atoms with van der Waals surface area (Å²) in [6, 6.07) is 7.00. The number of rotatable bonds is 6. The molecule has 0 radical (unpaired) electrons. The first-order valence-corrected chi connectivity index (χ1v) is 8.85. The highest BCUT2D eigenvalue weighted by atomic mass is 16.2. The molecule has 2 atom stereocenters. The van der Waals surface area contributed by atoms with E-state index in [0.29, 0.717) is 30.8 Å². The largest absolute Gasteiger partial charge is 0.367 e. The number of anilines is 1. The van der Waals surface area contributed by atoms with Gasteiger partial charge in [0.15, 0.2) is 0 Å². The lowest BCUT2D eigenvalue weighted by Gasteiger charge is -2.30. The van der Waals surface area contributed by atoms with Crippen molar-refractivity contribution in [2.24, 2.45) is 0 Å². The van der Waals surface area contributed by atoms with Gasteiger partial charge >= 0.3 is 0 Å². The zero-order valence-corrected chi connectivity index (χ0v) is 15.9. The van der Waals surface area contributed by atoms with Crippen LogP contribution in [0.4, 0.5) is 5.82 Å². The second kappa shape index (κ2) is 8.54. The van der Waals surface area contributed by atoms with E-state index in [1.807, 2.05) is 20.8 Å². The lowest BCUT2D eigenvalue weighted by molar-refractivity contribution is -0.131. The molecule has 1 aromatic heterocycles. The number of aryl methyl sites for hydroxylation is 1. The van der Waals surface area contributed by atoms with Crippen LogP contribution < -0.4 is 10.6 Å². The lowest BCUT2D eigenvalue weighted by Crippen LogP contribution is -2.52. The van der Waals surface area contributed by atoms with Crippen LogP contribution in [0.1, 0.15) is 37.9 Å². The second-order valence-corrected chi connectivity index (χ2v) is 7.26. The fraction of sp³-hybridized carbons (Fsp3) is 0.500. The molecule has 140 valence electrons. The van der Waals surface area contributed by atoms with Gasteiger partial charge in [0.1, 0.15) is 17.9 Å². The van der Waals surface area contributed by atoms with Crippen LogP contribution >= 0.6 is 0 Å². The van der Waals surface area contributed by atoms with Crippen molar-refractivity contribution in [3.05, 3.63) is 23.4 Å². The predicted molar refractivity (Wildman–Crippen MR) is 102 cm³/mol. The summed E-state index contributed by atoms with van der Waals surface area (Å²) in [6.45, 7) is 6.29. The van der Waals surface area contributed by atoms with Gasteiger partial charge in [-0.25, -0.2) is 4.98 Å². The van der Waals surface area contributed by atoms with Crippen molar-refractivity contribution >= 4 is 11.7 Å². The Balaban J connectivity index is 1.96. The van der Waals surface area contributed by atoms with Crippen LogP contribution in [-0.4, -0.2) is 46.5 Å². The van der Waals surface area contributed by atoms with E-state index in [1.165, 1.54) is 4.90 Å². The number of pyridine rings is 1. The summed E-state index contributed by atoms with van der Waals surface area (Å²) in [5.74, 6) is 2.94. The van der Waals surface area contributed by atoms with Crippen LogP contribution in [0.2, 0.25) is 0 Å². The van der Waals surface area contributed by atoms with Gasteiger partial charge in [0, 0.05) is 17.8 Å². The van der Waals surface area contributed by atoms with Gasteiger partial charge in [-0.05, 0) is 45.7 Å². The normalized spacial score (nSPS) is 19.0. The van der Waals surface area contributed by atoms with Gasteiger partial charge in [0.25, 0.3) is 0 Å². The monoisotopic (exact) mass is 364 g/mol. The Morgan fingerprint density at radius 3 is 2.70 bits per heavy atom. The molecule has 0 unspecified atom stereocenters. The minimum atomic E-state index is -0.462. The number of nitrogens with zero attached hydrogens (tertiary/aromatic N) is 4. The first kappa shape index (κ1) is 20.2. The quantitative estimate of drug-likeness (QED) is 0.742. The number of terminal acetylenes is 1. The zero-order valence-electron chi connectivity index (χ0n) is 15.9. The highest BCUT2D eigenvalue weighted by Gasteiger charge is 2.36. The number of amides is 1. The van der Waals surface area contributed by atoms with Crippen molar-refractivity contribution < 1.29 is 4.79 Å². The average molecular weight is 364 g/mol. The van der Waals surface area contributed by atoms with Crippen LogP contribution in [0.3, 0.4) is 0 Å². The molecule has 1 aliphatic rings. The standard InChI is InChI=1S/C20H24N6O/c1-5-16-8-9-17(11-22)26(16)18(27)12-24-20(3,4)13-23-19-15(10-21)7-6-14(2)25-19/h1,6-7,16-17,24H,8-9,12-13H2,2-4H3,(H,23,25)/t16-,17+/m0/s1. The third-order valence-electron chi connectivity index (χ3n) is 4.59. The average Bonchev–Trinajstić information content (AvgIpc) is 3.08. The predicted octanol–water partition coefficient (Wildman–Crippen LogP) is 1.56. The van der Waals surface area contributed by atoms with Gasteiger partial charge in [0.2, 0.25) is 5.91 Å². The number of hydrogen-bond donors (Lipinski definition) is 2. The van der Waals surface area contributed by atoms with E-state index in [1.54, 1.807) is 12.1 Å². The maximum absolute atomic E-state index is 12.6. The molecule has 0 saturated carbocycles. The maximum Gasteiger partial charge on any atom is 0.238 e. The Morgan fingerprint density at radius 2 is 2.07 bits per heavy atom. The van der Waals surface area contributed by atoms with E-state index in [9.17, 15) is 15.3 Å². The number of nitriles is 2. The molecule has 1 saturated heterocycles. The molecule has 0 bridgehead atoms. The third kappa shape index (κ3) is 4.97. The first-order chi connectivity index (χ1) is 12.8. The molecule has 7 heteroatoms. The Morgan fingerprint density at radius 1 is 1.37 bits per heavy atom. The van der Waals surface area contributed by atoms with Crippen LogP contribution in [0.15, 0.2) is 12.1 Å². The zero-order chi connectivity index (χ0) is 20.0. The molecule has 1 aliphatic heterocycles. The number of likely N-dealkylation sites (tertiary alicyclic amines) is 1. The Kier molecular flexibility index (Phi) is 6.40. The van der Waals surface area contributed by atoms with E-state index < -0.39 is 11.6 Å². The first-order valence-electron chi connectivity index (χ1n) is 8.85. The molecule has 2 N–H and O–H groups in total. The highest BCUT2D eigenvalue weighted by molar-refractivity contribution is 5.80. The minimum Gasteiger partial charge on any atom is -0.367 e. The van der Waals surface area contributed by atoms with Crippen molar-refractivity contribution in [1.29, 1.82) is 10.5 Å². The summed E-state index contributed by atoms with van der Waals surface area (Å²) in [5, 5.41) is 24.8. The van der Waals surface area contributed by atoms with Gasteiger partial charge in [0.05, 0.1) is 24.2 Å². The van der Waals surface area contributed by atoms with Crippen molar-refractivity contribution in [2.45, 2.75) is 51.2 Å².